The van der Waals surface area contributed by atoms with E-state index in [-0.39, 0.29) is 17.9 Å². The maximum absolute atomic E-state index is 14.0. The number of furan rings is 1. The number of ketones is 1. The van der Waals surface area contributed by atoms with E-state index in [0.29, 0.717) is 59.3 Å². The second-order valence-electron chi connectivity index (χ2n) is 9.39. The number of aliphatic hydroxyl groups excluding tert-OH is 1. The minimum absolute atomic E-state index is 0.0266. The van der Waals surface area contributed by atoms with E-state index in [4.69, 9.17) is 28.1 Å². The number of nitrogens with zero attached hydrogens (tertiary/aromatic N) is 2. The van der Waals surface area contributed by atoms with E-state index in [2.05, 4.69) is 4.90 Å². The first-order valence-corrected chi connectivity index (χ1v) is 12.9. The molecule has 11 nitrogen and oxygen atoms in total. The third-order valence-corrected chi connectivity index (χ3v) is 7.26. The van der Waals surface area contributed by atoms with Gasteiger partial charge in [-0.1, -0.05) is 12.1 Å². The van der Waals surface area contributed by atoms with E-state index in [0.717, 1.165) is 13.1 Å². The number of ether oxygens (including phenoxy) is 5. The fraction of sp³-hybridized carbons (Fsp3) is 0.379. The topological polar surface area (TPSA) is 120 Å². The van der Waals surface area contributed by atoms with Crippen molar-refractivity contribution >= 4 is 22.7 Å². The summed E-state index contributed by atoms with van der Waals surface area (Å²) in [5, 5.41) is 11.8. The maximum Gasteiger partial charge on any atom is 0.290 e. The zero-order chi connectivity index (χ0) is 28.4. The van der Waals surface area contributed by atoms with Gasteiger partial charge in [0, 0.05) is 31.6 Å². The average Bonchev–Trinajstić information content (AvgIpc) is 3.54. The Kier molecular flexibility index (Phi) is 7.85. The minimum atomic E-state index is -0.940. The zero-order valence-corrected chi connectivity index (χ0v) is 22.9. The number of carbonyl (C=O) groups excluding carboxylic acids is 2. The summed E-state index contributed by atoms with van der Waals surface area (Å²) in [5.41, 5.74) is 0.802. The number of aliphatic hydroxyl groups is 1. The second kappa shape index (κ2) is 11.5. The first-order chi connectivity index (χ1) is 19.4. The summed E-state index contributed by atoms with van der Waals surface area (Å²) in [6.45, 7) is 3.45. The Morgan fingerprint density at radius 2 is 1.62 bits per heavy atom. The van der Waals surface area contributed by atoms with E-state index >= 15 is 0 Å². The molecule has 1 amide bonds. The molecule has 1 aromatic heterocycles. The first kappa shape index (κ1) is 27.4. The number of hydrogen-bond acceptors (Lipinski definition) is 10. The minimum Gasteiger partial charge on any atom is -0.503 e. The summed E-state index contributed by atoms with van der Waals surface area (Å²) in [5.74, 6) is -0.387. The van der Waals surface area contributed by atoms with Crippen molar-refractivity contribution in [1.29, 1.82) is 0 Å². The van der Waals surface area contributed by atoms with Gasteiger partial charge in [-0.05, 0) is 29.8 Å². The van der Waals surface area contributed by atoms with Gasteiger partial charge in [-0.25, -0.2) is 0 Å². The van der Waals surface area contributed by atoms with Crippen molar-refractivity contribution in [1.82, 2.24) is 9.80 Å². The third kappa shape index (κ3) is 4.82. The van der Waals surface area contributed by atoms with Crippen LogP contribution < -0.4 is 18.9 Å². The third-order valence-electron chi connectivity index (χ3n) is 7.26. The summed E-state index contributed by atoms with van der Waals surface area (Å²) in [6.07, 6.45) is 0. The Labute approximate surface area is 231 Å². The average molecular weight is 553 g/mol. The van der Waals surface area contributed by atoms with Gasteiger partial charge in [0.2, 0.25) is 11.5 Å². The van der Waals surface area contributed by atoms with Crippen molar-refractivity contribution in [3.05, 3.63) is 59.1 Å². The van der Waals surface area contributed by atoms with Gasteiger partial charge in [0.1, 0.15) is 0 Å². The molecule has 3 aromatic rings. The monoisotopic (exact) mass is 552 g/mol. The Bertz CT molecular complexity index is 1430. The number of amides is 1. The number of methoxy groups -OCH3 is 4. The molecule has 0 radical (unpaired) electrons. The molecule has 40 heavy (non-hydrogen) atoms. The Morgan fingerprint density at radius 1 is 0.950 bits per heavy atom. The van der Waals surface area contributed by atoms with Crippen LogP contribution in [0.3, 0.4) is 0 Å². The van der Waals surface area contributed by atoms with Gasteiger partial charge in [0.05, 0.1) is 53.3 Å². The molecule has 0 bridgehead atoms. The number of hydrogen-bond donors (Lipinski definition) is 1. The van der Waals surface area contributed by atoms with Crippen LogP contribution in [0.15, 0.2) is 52.1 Å². The highest BCUT2D eigenvalue weighted by molar-refractivity contribution is 6.16. The molecule has 1 saturated heterocycles. The van der Waals surface area contributed by atoms with Crippen LogP contribution in [0, 0.1) is 0 Å². The van der Waals surface area contributed by atoms with E-state index in [1.165, 1.54) is 33.3 Å². The van der Waals surface area contributed by atoms with Gasteiger partial charge in [0.25, 0.3) is 5.91 Å². The highest BCUT2D eigenvalue weighted by atomic mass is 16.5. The SMILES string of the molecule is COc1cc([C@H]2C(C(=O)c3cc4cccc(OC)c4o3)=C(O)C(=O)N2CCN2CCOCC2)cc(OC)c1OC. The number of morpholine rings is 1. The molecule has 3 heterocycles. The van der Waals surface area contributed by atoms with E-state index in [1.807, 2.05) is 0 Å². The first-order valence-electron chi connectivity index (χ1n) is 12.9. The lowest BCUT2D eigenvalue weighted by molar-refractivity contribution is -0.129. The zero-order valence-electron chi connectivity index (χ0n) is 22.9. The second-order valence-corrected chi connectivity index (χ2v) is 9.39. The van der Waals surface area contributed by atoms with Crippen LogP contribution in [0.5, 0.6) is 23.0 Å². The van der Waals surface area contributed by atoms with E-state index in [1.54, 1.807) is 36.4 Å². The number of Topliss-reactive ketones (excluding diaryl/α,β-unsaturated/α-hetero) is 1. The summed E-state index contributed by atoms with van der Waals surface area (Å²) in [6, 6.07) is 9.29. The molecule has 2 aliphatic heterocycles. The van der Waals surface area contributed by atoms with E-state index in [9.17, 15) is 14.7 Å². The predicted molar refractivity (Wildman–Crippen MR) is 145 cm³/mol. The van der Waals surface area contributed by atoms with Crippen molar-refractivity contribution in [3.8, 4) is 23.0 Å². The van der Waals surface area contributed by atoms with Crippen LogP contribution in [0.25, 0.3) is 11.0 Å². The van der Waals surface area contributed by atoms with Crippen molar-refractivity contribution in [2.45, 2.75) is 6.04 Å². The van der Waals surface area contributed by atoms with Crippen LogP contribution in [-0.4, -0.2) is 94.4 Å². The Hall–Kier alpha value is -4.22. The van der Waals surface area contributed by atoms with Gasteiger partial charge in [-0.3, -0.25) is 14.5 Å². The molecule has 11 heteroatoms. The van der Waals surface area contributed by atoms with Crippen LogP contribution in [0.1, 0.15) is 22.2 Å². The molecule has 5 rings (SSSR count). The van der Waals surface area contributed by atoms with Crippen LogP contribution in [0.2, 0.25) is 0 Å². The largest absolute Gasteiger partial charge is 0.503 e. The number of benzene rings is 2. The van der Waals surface area contributed by atoms with Crippen molar-refractivity contribution in [2.75, 3.05) is 67.8 Å². The van der Waals surface area contributed by atoms with Gasteiger partial charge in [0.15, 0.2) is 34.4 Å². The fourth-order valence-electron chi connectivity index (χ4n) is 5.24. The van der Waals surface area contributed by atoms with Crippen molar-refractivity contribution in [3.63, 3.8) is 0 Å². The summed E-state index contributed by atoms with van der Waals surface area (Å²) >= 11 is 0. The standard InChI is InChI=1S/C29H32N2O9/c1-35-19-7-5-6-17-14-20(40-27(17)19)25(32)23-24(18-15-21(36-2)28(38-4)22(16-18)37-3)31(29(34)26(23)33)9-8-30-10-12-39-13-11-30/h5-7,14-16,24,33H,8-13H2,1-4H3/t24-/m0/s1. The smallest absolute Gasteiger partial charge is 0.290 e. The van der Waals surface area contributed by atoms with Crippen molar-refractivity contribution < 1.29 is 42.8 Å². The lowest BCUT2D eigenvalue weighted by Crippen LogP contribution is -2.43. The van der Waals surface area contributed by atoms with Gasteiger partial charge >= 0.3 is 0 Å². The molecule has 1 atom stereocenters. The highest BCUT2D eigenvalue weighted by Crippen LogP contribution is 2.46. The van der Waals surface area contributed by atoms with Gasteiger partial charge in [-0.2, -0.15) is 0 Å². The van der Waals surface area contributed by atoms with Gasteiger partial charge < -0.3 is 38.1 Å². The van der Waals surface area contributed by atoms with E-state index < -0.39 is 23.5 Å². The van der Waals surface area contributed by atoms with Gasteiger partial charge in [-0.15, -0.1) is 0 Å². The number of fused-ring (bicyclic) bond motifs is 1. The molecular formula is C29H32N2O9. The molecule has 212 valence electrons. The van der Waals surface area contributed by atoms with Crippen LogP contribution >= 0.6 is 0 Å². The lowest BCUT2D eigenvalue weighted by atomic mass is 9.94. The molecule has 2 aromatic carbocycles. The molecule has 0 saturated carbocycles. The quantitative estimate of drug-likeness (QED) is 0.375. The number of para-hydroxylation sites is 1. The maximum atomic E-state index is 14.0. The Morgan fingerprint density at radius 3 is 2.25 bits per heavy atom. The molecule has 0 aliphatic carbocycles. The predicted octanol–water partition coefficient (Wildman–Crippen LogP) is 3.38. The number of carbonyl (C=O) groups is 2. The normalized spacial score (nSPS) is 17.9. The highest BCUT2D eigenvalue weighted by Gasteiger charge is 2.45. The van der Waals surface area contributed by atoms with Crippen molar-refractivity contribution in [2.24, 2.45) is 0 Å². The molecule has 1 N–H and O–H groups in total. The summed E-state index contributed by atoms with van der Waals surface area (Å²) in [7, 11) is 5.97. The molecule has 0 spiro atoms. The summed E-state index contributed by atoms with van der Waals surface area (Å²) < 4.78 is 33.3. The van der Waals surface area contributed by atoms with Crippen LogP contribution in [0.4, 0.5) is 0 Å². The van der Waals surface area contributed by atoms with Crippen LogP contribution in [-0.2, 0) is 9.53 Å². The lowest BCUT2D eigenvalue weighted by Gasteiger charge is -2.32. The Balaban J connectivity index is 1.59. The molecule has 2 aliphatic rings. The molecule has 1 fully saturated rings. The number of rotatable bonds is 10. The molecule has 0 unspecified atom stereocenters. The summed E-state index contributed by atoms with van der Waals surface area (Å²) in [4.78, 5) is 31.2. The fourth-order valence-corrected chi connectivity index (χ4v) is 5.24. The molecular weight excluding hydrogens is 520 g/mol.